The van der Waals surface area contributed by atoms with Crippen LogP contribution in [0.4, 0.5) is 0 Å². The van der Waals surface area contributed by atoms with Gasteiger partial charge in [-0.15, -0.1) is 11.3 Å². The Hall–Kier alpha value is -1.42. The highest BCUT2D eigenvalue weighted by Gasteiger charge is 2.12. The van der Waals surface area contributed by atoms with Gasteiger partial charge >= 0.3 is 0 Å². The summed E-state index contributed by atoms with van der Waals surface area (Å²) >= 11 is 1.70. The van der Waals surface area contributed by atoms with Gasteiger partial charge in [-0.3, -0.25) is 9.48 Å². The molecular weight excluding hydrogens is 232 g/mol. The van der Waals surface area contributed by atoms with Gasteiger partial charge in [0.1, 0.15) is 5.69 Å². The number of Topliss-reactive ketones (excluding diaryl/α,β-unsaturated/α-hetero) is 1. The van der Waals surface area contributed by atoms with Gasteiger partial charge in [0.25, 0.3) is 0 Å². The lowest BCUT2D eigenvalue weighted by atomic mass is 10.1. The molecule has 0 saturated heterocycles. The van der Waals surface area contributed by atoms with Crippen LogP contribution >= 0.6 is 11.3 Å². The second-order valence-electron chi connectivity index (χ2n) is 4.00. The van der Waals surface area contributed by atoms with E-state index in [1.807, 2.05) is 31.5 Å². The Labute approximate surface area is 105 Å². The third kappa shape index (κ3) is 2.82. The molecule has 0 atom stereocenters. The molecule has 0 amide bonds. The molecule has 0 aliphatic rings. The first-order valence-electron chi connectivity index (χ1n) is 5.79. The number of thiophene rings is 1. The molecule has 4 heteroatoms. The maximum Gasteiger partial charge on any atom is 0.181 e. The molecule has 0 fully saturated rings. The molecule has 0 bridgehead atoms. The zero-order valence-electron chi connectivity index (χ0n) is 10.1. The van der Waals surface area contributed by atoms with Gasteiger partial charge in [-0.2, -0.15) is 5.10 Å². The van der Waals surface area contributed by atoms with Crippen molar-refractivity contribution < 1.29 is 4.79 Å². The van der Waals surface area contributed by atoms with Crippen molar-refractivity contribution in [1.29, 1.82) is 0 Å². The van der Waals surface area contributed by atoms with Crippen molar-refractivity contribution in [3.8, 4) is 0 Å². The van der Waals surface area contributed by atoms with E-state index in [0.717, 1.165) is 24.2 Å². The van der Waals surface area contributed by atoms with Crippen molar-refractivity contribution in [2.24, 2.45) is 7.05 Å². The average molecular weight is 248 g/mol. The minimum Gasteiger partial charge on any atom is -0.292 e. The first kappa shape index (κ1) is 12.0. The second-order valence-corrected chi connectivity index (χ2v) is 5.03. The third-order valence-corrected chi connectivity index (χ3v) is 3.69. The van der Waals surface area contributed by atoms with Crippen molar-refractivity contribution in [3.63, 3.8) is 0 Å². The Bertz CT molecular complexity index is 499. The van der Waals surface area contributed by atoms with Gasteiger partial charge in [-0.25, -0.2) is 0 Å². The second kappa shape index (κ2) is 5.27. The van der Waals surface area contributed by atoms with Crippen LogP contribution in [0, 0.1) is 0 Å². The number of nitrogens with zero attached hydrogens (tertiary/aromatic N) is 2. The van der Waals surface area contributed by atoms with Gasteiger partial charge in [-0.1, -0.05) is 13.0 Å². The number of carbonyl (C=O) groups is 1. The summed E-state index contributed by atoms with van der Waals surface area (Å²) in [5.74, 6) is 0.174. The predicted octanol–water partition coefficient (Wildman–Crippen LogP) is 2.86. The number of carbonyl (C=O) groups excluding carboxylic acids is 1. The van der Waals surface area contributed by atoms with Crippen LogP contribution in [0.3, 0.4) is 0 Å². The monoisotopic (exact) mass is 248 g/mol. The number of ketones is 1. The van der Waals surface area contributed by atoms with Crippen LogP contribution < -0.4 is 0 Å². The predicted molar refractivity (Wildman–Crippen MR) is 69.6 cm³/mol. The Morgan fingerprint density at radius 2 is 2.35 bits per heavy atom. The molecule has 2 heterocycles. The van der Waals surface area contributed by atoms with Crippen molar-refractivity contribution >= 4 is 17.1 Å². The fourth-order valence-electron chi connectivity index (χ4n) is 1.78. The molecule has 0 unspecified atom stereocenters. The Balaban J connectivity index is 2.01. The highest BCUT2D eigenvalue weighted by molar-refractivity contribution is 7.09. The van der Waals surface area contributed by atoms with Crippen LogP contribution in [0.15, 0.2) is 23.6 Å². The van der Waals surface area contributed by atoms with E-state index in [1.165, 1.54) is 4.88 Å². The molecule has 0 spiro atoms. The van der Waals surface area contributed by atoms with Crippen molar-refractivity contribution in [2.45, 2.75) is 26.2 Å². The normalized spacial score (nSPS) is 10.7. The highest BCUT2D eigenvalue weighted by atomic mass is 32.1. The summed E-state index contributed by atoms with van der Waals surface area (Å²) in [7, 11) is 1.83. The SMILES string of the molecule is CCc1cc(C(=O)CCc2cccs2)n(C)n1. The molecule has 0 aromatic carbocycles. The number of aryl methyl sites for hydroxylation is 3. The summed E-state index contributed by atoms with van der Waals surface area (Å²) in [6.07, 6.45) is 2.25. The fraction of sp³-hybridized carbons (Fsp3) is 0.385. The zero-order valence-corrected chi connectivity index (χ0v) is 11.0. The standard InChI is InChI=1S/C13H16N2OS/c1-3-10-9-12(15(2)14-10)13(16)7-6-11-5-4-8-17-11/h4-5,8-9H,3,6-7H2,1-2H3. The van der Waals surface area contributed by atoms with E-state index < -0.39 is 0 Å². The summed E-state index contributed by atoms with van der Waals surface area (Å²) < 4.78 is 1.69. The molecule has 0 N–H and O–H groups in total. The average Bonchev–Trinajstić information content (AvgIpc) is 2.94. The topological polar surface area (TPSA) is 34.9 Å². The van der Waals surface area contributed by atoms with Crippen molar-refractivity contribution in [1.82, 2.24) is 9.78 Å². The fourth-order valence-corrected chi connectivity index (χ4v) is 2.49. The molecule has 0 saturated carbocycles. The highest BCUT2D eigenvalue weighted by Crippen LogP contribution is 2.14. The third-order valence-electron chi connectivity index (χ3n) is 2.76. The van der Waals surface area contributed by atoms with Crippen LogP contribution in [0.5, 0.6) is 0 Å². The summed E-state index contributed by atoms with van der Waals surface area (Å²) in [6.45, 7) is 2.04. The largest absolute Gasteiger partial charge is 0.292 e. The van der Waals surface area contributed by atoms with E-state index >= 15 is 0 Å². The number of aromatic nitrogens is 2. The van der Waals surface area contributed by atoms with Crippen LogP contribution in [0.1, 0.15) is 34.4 Å². The first-order chi connectivity index (χ1) is 8.20. The molecular formula is C13H16N2OS. The molecule has 90 valence electrons. The van der Waals surface area contributed by atoms with Gasteiger partial charge in [0, 0.05) is 18.3 Å². The Morgan fingerprint density at radius 3 is 2.94 bits per heavy atom. The first-order valence-corrected chi connectivity index (χ1v) is 6.67. The molecule has 0 radical (unpaired) electrons. The minimum absolute atomic E-state index is 0.174. The summed E-state index contributed by atoms with van der Waals surface area (Å²) in [5.41, 5.74) is 1.70. The van der Waals surface area contributed by atoms with Crippen LogP contribution in [0.25, 0.3) is 0 Å². The zero-order chi connectivity index (χ0) is 12.3. The van der Waals surface area contributed by atoms with Crippen LogP contribution in [-0.4, -0.2) is 15.6 Å². The van der Waals surface area contributed by atoms with Gasteiger partial charge < -0.3 is 0 Å². The lowest BCUT2D eigenvalue weighted by molar-refractivity contribution is 0.0974. The molecule has 2 aromatic heterocycles. The van der Waals surface area contributed by atoms with Gasteiger partial charge in [-0.05, 0) is 30.4 Å². The van der Waals surface area contributed by atoms with E-state index in [1.54, 1.807) is 16.0 Å². The lowest BCUT2D eigenvalue weighted by Gasteiger charge is -1.99. The van der Waals surface area contributed by atoms with E-state index in [4.69, 9.17) is 0 Å². The van der Waals surface area contributed by atoms with Gasteiger partial charge in [0.15, 0.2) is 5.78 Å². The number of hydrogen-bond donors (Lipinski definition) is 0. The van der Waals surface area contributed by atoms with Crippen LogP contribution in [-0.2, 0) is 19.9 Å². The van der Waals surface area contributed by atoms with E-state index in [0.29, 0.717) is 6.42 Å². The van der Waals surface area contributed by atoms with E-state index in [-0.39, 0.29) is 5.78 Å². The number of hydrogen-bond acceptors (Lipinski definition) is 3. The van der Waals surface area contributed by atoms with Gasteiger partial charge in [0.05, 0.1) is 5.69 Å². The minimum atomic E-state index is 0.174. The lowest BCUT2D eigenvalue weighted by Crippen LogP contribution is -2.07. The summed E-state index contributed by atoms with van der Waals surface area (Å²) in [4.78, 5) is 13.3. The molecule has 2 aromatic rings. The van der Waals surface area contributed by atoms with Crippen LogP contribution in [0.2, 0.25) is 0 Å². The summed E-state index contributed by atoms with van der Waals surface area (Å²) in [6, 6.07) is 5.99. The summed E-state index contributed by atoms with van der Waals surface area (Å²) in [5, 5.41) is 6.33. The van der Waals surface area contributed by atoms with E-state index in [2.05, 4.69) is 11.2 Å². The Kier molecular flexibility index (Phi) is 3.74. The smallest absolute Gasteiger partial charge is 0.181 e. The van der Waals surface area contributed by atoms with E-state index in [9.17, 15) is 4.79 Å². The maximum atomic E-state index is 12.0. The molecule has 17 heavy (non-hydrogen) atoms. The quantitative estimate of drug-likeness (QED) is 0.763. The van der Waals surface area contributed by atoms with Crippen molar-refractivity contribution in [3.05, 3.63) is 39.8 Å². The van der Waals surface area contributed by atoms with Gasteiger partial charge in [0.2, 0.25) is 0 Å². The molecule has 0 aliphatic heterocycles. The van der Waals surface area contributed by atoms with Crippen molar-refractivity contribution in [2.75, 3.05) is 0 Å². The Morgan fingerprint density at radius 1 is 1.53 bits per heavy atom. The molecule has 2 rings (SSSR count). The molecule has 0 aliphatic carbocycles. The molecule has 3 nitrogen and oxygen atoms in total. The number of rotatable bonds is 5. The maximum absolute atomic E-state index is 12.0.